The zero-order valence-corrected chi connectivity index (χ0v) is 62.8. The lowest BCUT2D eigenvalue weighted by Gasteiger charge is -2.16. The molecule has 0 amide bonds. The highest BCUT2D eigenvalue weighted by atomic mass is 30.1. The molecule has 0 unspecified atom stereocenters. The van der Waals surface area contributed by atoms with Gasteiger partial charge in [-0.3, -0.25) is 0 Å². The van der Waals surface area contributed by atoms with E-state index in [0.717, 1.165) is 0 Å². The van der Waals surface area contributed by atoms with Crippen molar-refractivity contribution in [3.63, 3.8) is 0 Å². The van der Waals surface area contributed by atoms with Crippen molar-refractivity contribution in [2.75, 3.05) is 0 Å². The first-order valence-electron chi connectivity index (χ1n) is 16.1. The fraction of sp³-hybridized carbons (Fsp3) is 1.00. The van der Waals surface area contributed by atoms with Crippen molar-refractivity contribution >= 4 is 233 Å². The van der Waals surface area contributed by atoms with Gasteiger partial charge in [0.1, 0.15) is 7.59 Å². The third-order valence-electron chi connectivity index (χ3n) is 6.63. The minimum Gasteiger partial charge on any atom is -0.578 e. The zero-order valence-electron chi connectivity index (χ0n) is 32.8. The maximum Gasteiger partial charge on any atom is 0.532 e. The van der Waals surface area contributed by atoms with E-state index in [2.05, 4.69) is 0 Å². The van der Waals surface area contributed by atoms with Gasteiger partial charge in [-0.1, -0.05) is 19.6 Å². The van der Waals surface area contributed by atoms with E-state index in [9.17, 15) is 125 Å². The number of hydrogen-bond donors (Lipinski definition) is 0. The molecule has 0 fully saturated rings. The van der Waals surface area contributed by atoms with E-state index in [1.54, 1.807) is 0 Å². The molecule has 0 saturated carbocycles. The van der Waals surface area contributed by atoms with Gasteiger partial charge >= 0.3 is 217 Å². The van der Waals surface area contributed by atoms with Crippen molar-refractivity contribution < 1.29 is 129 Å². The summed E-state index contributed by atoms with van der Waals surface area (Å²) >= 11 is 0. The number of rotatable bonds is 30. The lowest BCUT2D eigenvalue weighted by molar-refractivity contribution is 0.462. The van der Waals surface area contributed by atoms with Crippen molar-refractivity contribution in [1.29, 1.82) is 0 Å². The van der Waals surface area contributed by atoms with Crippen molar-refractivity contribution in [3.8, 4) is 0 Å². The average molecular weight is 1400 g/mol. The molecule has 0 aromatic carbocycles. The maximum absolute atomic E-state index is 12.7. The van der Waals surface area contributed by atoms with Crippen LogP contribution in [0.3, 0.4) is 0 Å². The van der Waals surface area contributed by atoms with Gasteiger partial charge in [-0.25, -0.2) is 0 Å². The molecule has 0 heterocycles. The van der Waals surface area contributed by atoms with Gasteiger partial charge in [0.2, 0.25) is 8.32 Å². The molecule has 0 saturated heterocycles. The van der Waals surface area contributed by atoms with E-state index >= 15 is 0 Å². The Hall–Kier alpha value is 0.706. The maximum atomic E-state index is 12.7. The summed E-state index contributed by atoms with van der Waals surface area (Å²) in [5, 5.41) is 0. The molecule has 0 aromatic heterocycles. The van der Waals surface area contributed by atoms with E-state index in [1.807, 2.05) is 0 Å². The molecule has 0 radical (unpaired) electrons. The summed E-state index contributed by atoms with van der Waals surface area (Å²) in [6, 6.07) is 0. The van der Waals surface area contributed by atoms with Gasteiger partial charge < -0.3 is 129 Å². The van der Waals surface area contributed by atoms with E-state index in [1.165, 1.54) is 39.3 Å². The Kier molecular flexibility index (Phi) is 27.8. The Bertz CT molecular complexity index is 2670. The topological polar surface area (TPSA) is 487 Å². The second-order valence-electron chi connectivity index (χ2n) is 13.6. The van der Waals surface area contributed by atoms with E-state index in [-0.39, 0.29) is 0 Å². The Morgan fingerprint density at radius 2 is 0.323 bits per heavy atom. The zero-order chi connectivity index (χ0) is 51.9. The van der Waals surface area contributed by atoms with Crippen LogP contribution in [-0.2, 0) is 129 Å². The smallest absolute Gasteiger partial charge is 0.532 e. The molecule has 29 nitrogen and oxygen atoms in total. The molecule has 59 heteroatoms. The minimum absolute atomic E-state index is 1.45. The molecule has 65 heavy (non-hydrogen) atoms. The molecule has 0 aliphatic rings. The highest BCUT2D eigenvalue weighted by Crippen LogP contribution is 2.03. The van der Waals surface area contributed by atoms with Crippen LogP contribution in [-0.4, -0.2) is 233 Å². The first-order valence-corrected chi connectivity index (χ1v) is 90.4. The second kappa shape index (κ2) is 27.5. The molecule has 0 N–H and O–H groups in total. The lowest BCUT2D eigenvalue weighted by atomic mass is 11.8. The minimum atomic E-state index is -4.66. The van der Waals surface area contributed by atoms with Crippen LogP contribution in [0.25, 0.3) is 0 Å². The van der Waals surface area contributed by atoms with Crippen LogP contribution in [0, 0.1) is 0 Å². The van der Waals surface area contributed by atoms with Crippen molar-refractivity contribution in [3.05, 3.63) is 0 Å². The summed E-state index contributed by atoms with van der Waals surface area (Å²) in [5.41, 5.74) is 0. The van der Waals surface area contributed by atoms with Crippen molar-refractivity contribution in [1.82, 2.24) is 0 Å². The van der Waals surface area contributed by atoms with E-state index in [4.69, 9.17) is 4.12 Å². The molecule has 0 spiro atoms. The molecule has 0 aliphatic carbocycles. The quantitative estimate of drug-likeness (QED) is 0.0603. The third-order valence-corrected chi connectivity index (χ3v) is 234. The Balaban J connectivity index is 5.89. The van der Waals surface area contributed by atoms with E-state index < -0.39 is 233 Å². The van der Waals surface area contributed by atoms with Crippen LogP contribution in [0.4, 0.5) is 0 Å². The molecule has 0 atom stereocenters. The molecular formula is C6H18O29Si30. The van der Waals surface area contributed by atoms with Crippen LogP contribution in [0.2, 0.25) is 39.3 Å². The predicted molar refractivity (Wildman–Crippen MR) is 228 cm³/mol. The van der Waals surface area contributed by atoms with Crippen LogP contribution in [0.1, 0.15) is 0 Å². The normalized spacial score (nSPS) is 10.5. The van der Waals surface area contributed by atoms with Crippen molar-refractivity contribution in [2.24, 2.45) is 0 Å². The van der Waals surface area contributed by atoms with Crippen molar-refractivity contribution in [2.45, 2.75) is 39.3 Å². The summed E-state index contributed by atoms with van der Waals surface area (Å²) in [4.78, 5) is 0. The fourth-order valence-electron chi connectivity index (χ4n) is 3.34. The van der Waals surface area contributed by atoms with Gasteiger partial charge in [-0.05, 0) is 19.6 Å². The highest BCUT2D eigenvalue weighted by Gasteiger charge is 2.58. The van der Waals surface area contributed by atoms with Gasteiger partial charge in [-0.2, -0.15) is 0 Å². The van der Waals surface area contributed by atoms with Gasteiger partial charge in [0.25, 0.3) is 0 Å². The monoisotopic (exact) mass is 1390 g/mol. The van der Waals surface area contributed by atoms with Crippen LogP contribution in [0.15, 0.2) is 0 Å². The molecule has 0 aliphatic heterocycles. The van der Waals surface area contributed by atoms with Gasteiger partial charge in [0.15, 0.2) is 0 Å². The fourth-order valence-corrected chi connectivity index (χ4v) is 340. The molecule has 0 aromatic rings. The van der Waals surface area contributed by atoms with Gasteiger partial charge in [-0.15, -0.1) is 0 Å². The van der Waals surface area contributed by atoms with Gasteiger partial charge in [0, 0.05) is 0 Å². The van der Waals surface area contributed by atoms with Gasteiger partial charge in [0.05, 0.1) is 0 Å². The average Bonchev–Trinajstić information content (AvgIpc) is 3.25. The number of hydrogen-bond acceptors (Lipinski definition) is 29. The Morgan fingerprint density at radius 3 is 0.446 bits per heavy atom. The standard InChI is InChI=1S/C6H18O29Si30/c1-64(2,3)35-36(7)37(8)38(9)39(10)40(11)41(12)42(13)43(14)44(15)45(16)46(17)47(18)48(19)49(20)50(21)51(22)52(23)53(24)54(25)55(26)56(27)57(28)58(29)59(30)60(31)61(32)62(33)63(34)65(4,5)6/h1-6H3. The molecule has 0 rings (SSSR count). The SMILES string of the molecule is C[Si](C)(C)O[Si](=O)[Si](=O)[Si](=O)[Si](=O)[Si](=O)[Si](=O)[Si](=O)[Si](=O)[Si](=O)[Si](=O)[Si](=O)[Si](=O)[Si](=O)[Si](=O)[Si](=O)[Si](=O)[Si](=O)[Si](=O)[Si](=O)[Si](=O)[Si](=O)[Si](=O)[Si](=O)[Si](=O)[Si](=O)[Si](=O)[Si](=O)[Si](=O)[Si](C)(C)C. The summed E-state index contributed by atoms with van der Waals surface area (Å²) in [6.45, 7) is 8.80. The first-order chi connectivity index (χ1) is 29.2. The lowest BCUT2D eigenvalue weighted by Crippen LogP contribution is -2.58. The largest absolute Gasteiger partial charge is 0.578 e. The summed E-state index contributed by atoms with van der Waals surface area (Å²) < 4.78 is 357. The molecular weight excluding hydrogens is 1380 g/mol. The first kappa shape index (κ1) is 65.7. The summed E-state index contributed by atoms with van der Waals surface area (Å²) in [5.74, 6) is 0. The third kappa shape index (κ3) is 17.8. The second-order valence-corrected chi connectivity index (χ2v) is 161. The summed E-state index contributed by atoms with van der Waals surface area (Å²) in [7, 11) is -127. The molecule has 0 bridgehead atoms. The van der Waals surface area contributed by atoms with Crippen LogP contribution in [0.5, 0.6) is 0 Å². The molecule has 336 valence electrons. The van der Waals surface area contributed by atoms with Crippen LogP contribution >= 0.6 is 0 Å². The Morgan fingerprint density at radius 1 is 0.200 bits per heavy atom. The highest BCUT2D eigenvalue weighted by molar-refractivity contribution is 7.84. The predicted octanol–water partition coefficient (Wildman–Crippen LogP) is -11.3. The Labute approximate surface area is 396 Å². The van der Waals surface area contributed by atoms with Crippen LogP contribution < -0.4 is 0 Å². The van der Waals surface area contributed by atoms with E-state index in [0.29, 0.717) is 0 Å². The summed E-state index contributed by atoms with van der Waals surface area (Å²) in [6.07, 6.45) is 0.